The van der Waals surface area contributed by atoms with E-state index in [1.807, 2.05) is 6.08 Å². The predicted molar refractivity (Wildman–Crippen MR) is 67.2 cm³/mol. The lowest BCUT2D eigenvalue weighted by Gasteiger charge is -2.10. The van der Waals surface area contributed by atoms with E-state index in [2.05, 4.69) is 56.0 Å². The van der Waals surface area contributed by atoms with Gasteiger partial charge in [-0.05, 0) is 22.8 Å². The van der Waals surface area contributed by atoms with Crippen LogP contribution in [-0.2, 0) is 0 Å². The molecule has 0 heteroatoms. The summed E-state index contributed by atoms with van der Waals surface area (Å²) in [5, 5.41) is 2.62. The maximum absolute atomic E-state index is 3.89. The molecule has 0 N–H and O–H groups in total. The van der Waals surface area contributed by atoms with E-state index in [1.54, 1.807) is 0 Å². The molecule has 0 aliphatic rings. The van der Waals surface area contributed by atoms with Crippen molar-refractivity contribution >= 4 is 10.8 Å². The van der Waals surface area contributed by atoms with Crippen LogP contribution in [0.5, 0.6) is 0 Å². The van der Waals surface area contributed by atoms with E-state index in [9.17, 15) is 0 Å². The molecular formula is C15H16. The highest BCUT2D eigenvalue weighted by atomic mass is 14.1. The molecule has 2 rings (SSSR count). The van der Waals surface area contributed by atoms with Gasteiger partial charge in [-0.2, -0.15) is 0 Å². The highest BCUT2D eigenvalue weighted by molar-refractivity contribution is 5.83. The Morgan fingerprint density at radius 3 is 2.53 bits per heavy atom. The van der Waals surface area contributed by atoms with Gasteiger partial charge in [-0.1, -0.05) is 55.5 Å². The second-order valence-corrected chi connectivity index (χ2v) is 3.86. The topological polar surface area (TPSA) is 0 Å². The second-order valence-electron chi connectivity index (χ2n) is 3.86. The summed E-state index contributed by atoms with van der Waals surface area (Å²) < 4.78 is 0. The normalized spacial score (nSPS) is 12.6. The lowest BCUT2D eigenvalue weighted by Crippen LogP contribution is -1.92. The minimum atomic E-state index is 0.481. The number of allylic oxidation sites excluding steroid dienone is 1. The van der Waals surface area contributed by atoms with E-state index < -0.39 is 0 Å². The predicted octanol–water partition coefficient (Wildman–Crippen LogP) is 4.52. The van der Waals surface area contributed by atoms with Gasteiger partial charge in [0.15, 0.2) is 0 Å². The van der Waals surface area contributed by atoms with E-state index in [1.165, 1.54) is 16.3 Å². The minimum Gasteiger partial charge on any atom is -0.102 e. The molecule has 0 heterocycles. The van der Waals surface area contributed by atoms with Crippen LogP contribution in [-0.4, -0.2) is 0 Å². The van der Waals surface area contributed by atoms with E-state index in [0.717, 1.165) is 6.42 Å². The van der Waals surface area contributed by atoms with Crippen molar-refractivity contribution in [2.45, 2.75) is 19.3 Å². The Balaban J connectivity index is 2.50. The fraction of sp³-hybridized carbons (Fsp3) is 0.200. The van der Waals surface area contributed by atoms with Crippen molar-refractivity contribution in [1.29, 1.82) is 0 Å². The van der Waals surface area contributed by atoms with Gasteiger partial charge in [0.05, 0.1) is 0 Å². The van der Waals surface area contributed by atoms with Crippen LogP contribution in [0, 0.1) is 0 Å². The largest absolute Gasteiger partial charge is 0.102 e. The fourth-order valence-electron chi connectivity index (χ4n) is 1.98. The molecule has 76 valence electrons. The van der Waals surface area contributed by atoms with Crippen LogP contribution >= 0.6 is 0 Å². The van der Waals surface area contributed by atoms with Gasteiger partial charge in [-0.15, -0.1) is 6.58 Å². The summed E-state index contributed by atoms with van der Waals surface area (Å²) in [7, 11) is 0. The molecule has 0 bridgehead atoms. The van der Waals surface area contributed by atoms with Crippen molar-refractivity contribution in [2.75, 3.05) is 0 Å². The Hall–Kier alpha value is -1.56. The second kappa shape index (κ2) is 4.31. The monoisotopic (exact) mass is 196 g/mol. The zero-order valence-electron chi connectivity index (χ0n) is 9.11. The van der Waals surface area contributed by atoms with Crippen LogP contribution < -0.4 is 0 Å². The first-order valence-electron chi connectivity index (χ1n) is 5.46. The SMILES string of the molecule is C=C[C@@H](CC)c1ccc2ccccc2c1. The average Bonchev–Trinajstić information content (AvgIpc) is 2.30. The maximum atomic E-state index is 3.89. The zero-order valence-corrected chi connectivity index (χ0v) is 9.11. The summed E-state index contributed by atoms with van der Waals surface area (Å²) >= 11 is 0. The third kappa shape index (κ3) is 1.94. The molecule has 0 fully saturated rings. The standard InChI is InChI=1S/C15H16/c1-3-12(4-2)15-10-9-13-7-5-6-8-14(13)11-15/h3,5-12H,1,4H2,2H3/t12-/m0/s1. The van der Waals surface area contributed by atoms with Crippen LogP contribution in [0.4, 0.5) is 0 Å². The lowest BCUT2D eigenvalue weighted by molar-refractivity contribution is 0.809. The van der Waals surface area contributed by atoms with E-state index in [-0.39, 0.29) is 0 Å². The van der Waals surface area contributed by atoms with Crippen molar-refractivity contribution in [1.82, 2.24) is 0 Å². The van der Waals surface area contributed by atoms with Crippen molar-refractivity contribution in [3.8, 4) is 0 Å². The summed E-state index contributed by atoms with van der Waals surface area (Å²) in [6, 6.07) is 15.1. The van der Waals surface area contributed by atoms with Crippen molar-refractivity contribution in [3.05, 3.63) is 60.7 Å². The number of fused-ring (bicyclic) bond motifs is 1. The molecule has 15 heavy (non-hydrogen) atoms. The smallest absolute Gasteiger partial charge is 0.00128 e. The van der Waals surface area contributed by atoms with E-state index in [0.29, 0.717) is 5.92 Å². The summed E-state index contributed by atoms with van der Waals surface area (Å²) in [4.78, 5) is 0. The van der Waals surface area contributed by atoms with E-state index >= 15 is 0 Å². The molecule has 0 nitrogen and oxygen atoms in total. The van der Waals surface area contributed by atoms with Crippen LogP contribution in [0.3, 0.4) is 0 Å². The summed E-state index contributed by atoms with van der Waals surface area (Å²) in [6.45, 7) is 6.08. The van der Waals surface area contributed by atoms with Crippen LogP contribution in [0.1, 0.15) is 24.8 Å². The average molecular weight is 196 g/mol. The molecule has 0 saturated heterocycles. The Morgan fingerprint density at radius 1 is 1.13 bits per heavy atom. The highest BCUT2D eigenvalue weighted by Gasteiger charge is 2.04. The molecule has 0 aliphatic carbocycles. The Labute approximate surface area is 91.2 Å². The first-order valence-corrected chi connectivity index (χ1v) is 5.46. The number of hydrogen-bond donors (Lipinski definition) is 0. The van der Waals surface area contributed by atoms with Crippen molar-refractivity contribution in [2.24, 2.45) is 0 Å². The van der Waals surface area contributed by atoms with Gasteiger partial charge in [0.1, 0.15) is 0 Å². The fourth-order valence-corrected chi connectivity index (χ4v) is 1.98. The Morgan fingerprint density at radius 2 is 1.87 bits per heavy atom. The molecule has 0 unspecified atom stereocenters. The molecule has 1 atom stereocenters. The van der Waals surface area contributed by atoms with E-state index in [4.69, 9.17) is 0 Å². The third-order valence-corrected chi connectivity index (χ3v) is 2.93. The first-order chi connectivity index (χ1) is 7.35. The zero-order chi connectivity index (χ0) is 10.7. The van der Waals surface area contributed by atoms with Gasteiger partial charge in [-0.25, -0.2) is 0 Å². The van der Waals surface area contributed by atoms with Gasteiger partial charge in [0.25, 0.3) is 0 Å². The molecule has 0 aliphatic heterocycles. The minimum absolute atomic E-state index is 0.481. The number of rotatable bonds is 3. The first kappa shape index (κ1) is 9.97. The highest BCUT2D eigenvalue weighted by Crippen LogP contribution is 2.24. The maximum Gasteiger partial charge on any atom is 0.00128 e. The van der Waals surface area contributed by atoms with Crippen LogP contribution in [0.15, 0.2) is 55.1 Å². The summed E-state index contributed by atoms with van der Waals surface area (Å²) in [5.41, 5.74) is 1.37. The summed E-state index contributed by atoms with van der Waals surface area (Å²) in [6.07, 6.45) is 3.14. The van der Waals surface area contributed by atoms with Crippen molar-refractivity contribution in [3.63, 3.8) is 0 Å². The third-order valence-electron chi connectivity index (χ3n) is 2.93. The van der Waals surface area contributed by atoms with Gasteiger partial charge < -0.3 is 0 Å². The van der Waals surface area contributed by atoms with Crippen molar-refractivity contribution < 1.29 is 0 Å². The molecule has 0 radical (unpaired) electrons. The molecule has 0 amide bonds. The van der Waals surface area contributed by atoms with Gasteiger partial charge in [-0.3, -0.25) is 0 Å². The molecule has 0 saturated carbocycles. The van der Waals surface area contributed by atoms with Crippen LogP contribution in [0.25, 0.3) is 10.8 Å². The molecule has 2 aromatic rings. The summed E-state index contributed by atoms with van der Waals surface area (Å²) in [5.74, 6) is 0.481. The Bertz CT molecular complexity index is 468. The molecule has 0 spiro atoms. The Kier molecular flexibility index (Phi) is 2.86. The van der Waals surface area contributed by atoms with Crippen LogP contribution in [0.2, 0.25) is 0 Å². The molecular weight excluding hydrogens is 180 g/mol. The lowest BCUT2D eigenvalue weighted by atomic mass is 9.94. The van der Waals surface area contributed by atoms with Gasteiger partial charge in [0, 0.05) is 5.92 Å². The molecule has 2 aromatic carbocycles. The molecule has 0 aromatic heterocycles. The van der Waals surface area contributed by atoms with Gasteiger partial charge >= 0.3 is 0 Å². The quantitative estimate of drug-likeness (QED) is 0.633. The van der Waals surface area contributed by atoms with Gasteiger partial charge in [0.2, 0.25) is 0 Å². The number of benzene rings is 2. The number of hydrogen-bond acceptors (Lipinski definition) is 0.